The average Bonchev–Trinajstić information content (AvgIpc) is 2.30. The quantitative estimate of drug-likeness (QED) is 0.738. The number of piperidine rings is 1. The van der Waals surface area contributed by atoms with Crippen molar-refractivity contribution in [3.8, 4) is 0 Å². The summed E-state index contributed by atoms with van der Waals surface area (Å²) in [6.07, 6.45) is 3.96. The second-order valence-corrected chi connectivity index (χ2v) is 5.04. The second-order valence-electron chi connectivity index (χ2n) is 3.92. The molecule has 1 aromatic rings. The first-order chi connectivity index (χ1) is 7.33. The van der Waals surface area contributed by atoms with Crippen molar-refractivity contribution >= 4 is 33.2 Å². The molecule has 0 bridgehead atoms. The predicted molar refractivity (Wildman–Crippen MR) is 69.8 cm³/mol. The van der Waals surface area contributed by atoms with E-state index in [0.717, 1.165) is 4.47 Å². The Bertz CT molecular complexity index is 334. The highest BCUT2D eigenvalue weighted by Crippen LogP contribution is 2.30. The topological polar surface area (TPSA) is 3.24 Å². The minimum atomic E-state index is 0.577. The molecular formula is C12H15BrClN. The molecule has 1 aliphatic heterocycles. The van der Waals surface area contributed by atoms with Crippen LogP contribution in [0.1, 0.15) is 24.8 Å². The van der Waals surface area contributed by atoms with Gasteiger partial charge in [-0.1, -0.05) is 22.0 Å². The summed E-state index contributed by atoms with van der Waals surface area (Å²) in [5, 5.41) is 0. The van der Waals surface area contributed by atoms with Crippen LogP contribution in [0, 0.1) is 0 Å². The number of nitrogens with zero attached hydrogens (tertiary/aromatic N) is 1. The number of benzene rings is 1. The first kappa shape index (κ1) is 11.3. The summed E-state index contributed by atoms with van der Waals surface area (Å²) < 4.78 is 1.13. The van der Waals surface area contributed by atoms with Crippen LogP contribution < -0.4 is 4.90 Å². The van der Waals surface area contributed by atoms with Crippen molar-refractivity contribution in [1.82, 2.24) is 0 Å². The second kappa shape index (κ2) is 5.22. The molecular weight excluding hydrogens is 273 g/mol. The van der Waals surface area contributed by atoms with Gasteiger partial charge in [-0.15, -0.1) is 11.6 Å². The van der Waals surface area contributed by atoms with Gasteiger partial charge in [0, 0.05) is 28.8 Å². The van der Waals surface area contributed by atoms with Crippen molar-refractivity contribution < 1.29 is 0 Å². The van der Waals surface area contributed by atoms with E-state index in [9.17, 15) is 0 Å². The van der Waals surface area contributed by atoms with Crippen LogP contribution in [0.2, 0.25) is 0 Å². The fourth-order valence-corrected chi connectivity index (χ4v) is 3.05. The Morgan fingerprint density at radius 3 is 2.60 bits per heavy atom. The van der Waals surface area contributed by atoms with E-state index in [-0.39, 0.29) is 0 Å². The largest absolute Gasteiger partial charge is 0.371 e. The first-order valence-electron chi connectivity index (χ1n) is 5.41. The van der Waals surface area contributed by atoms with Gasteiger partial charge in [0.25, 0.3) is 0 Å². The molecule has 0 atom stereocenters. The third kappa shape index (κ3) is 2.48. The lowest BCUT2D eigenvalue weighted by Crippen LogP contribution is -2.30. The molecule has 0 aromatic heterocycles. The van der Waals surface area contributed by atoms with E-state index in [1.54, 1.807) is 0 Å². The Balaban J connectivity index is 2.29. The van der Waals surface area contributed by atoms with Gasteiger partial charge in [-0.25, -0.2) is 0 Å². The van der Waals surface area contributed by atoms with Crippen LogP contribution in [0.5, 0.6) is 0 Å². The highest BCUT2D eigenvalue weighted by molar-refractivity contribution is 9.10. The number of hydrogen-bond donors (Lipinski definition) is 0. The zero-order chi connectivity index (χ0) is 10.7. The summed E-state index contributed by atoms with van der Waals surface area (Å²) in [6.45, 7) is 2.33. The lowest BCUT2D eigenvalue weighted by molar-refractivity contribution is 0.577. The lowest BCUT2D eigenvalue weighted by Gasteiger charge is -2.30. The Morgan fingerprint density at radius 1 is 1.20 bits per heavy atom. The maximum absolute atomic E-state index is 6.00. The number of halogens is 2. The van der Waals surface area contributed by atoms with Crippen molar-refractivity contribution in [2.75, 3.05) is 18.0 Å². The molecule has 0 unspecified atom stereocenters. The molecule has 0 amide bonds. The first-order valence-corrected chi connectivity index (χ1v) is 6.74. The fraction of sp³-hybridized carbons (Fsp3) is 0.500. The number of alkyl halides is 1. The molecule has 2 rings (SSSR count). The molecule has 1 nitrogen and oxygen atoms in total. The molecule has 15 heavy (non-hydrogen) atoms. The SMILES string of the molecule is ClCc1c(Br)cccc1N1CCCCC1. The molecule has 0 saturated carbocycles. The number of anilines is 1. The number of hydrogen-bond acceptors (Lipinski definition) is 1. The highest BCUT2D eigenvalue weighted by Gasteiger charge is 2.15. The van der Waals surface area contributed by atoms with E-state index < -0.39 is 0 Å². The van der Waals surface area contributed by atoms with Crippen LogP contribution in [0.25, 0.3) is 0 Å². The van der Waals surface area contributed by atoms with Crippen LogP contribution in [0.4, 0.5) is 5.69 Å². The van der Waals surface area contributed by atoms with Crippen molar-refractivity contribution in [3.63, 3.8) is 0 Å². The van der Waals surface area contributed by atoms with Gasteiger partial charge < -0.3 is 4.90 Å². The van der Waals surface area contributed by atoms with E-state index >= 15 is 0 Å². The van der Waals surface area contributed by atoms with Gasteiger partial charge in [0.05, 0.1) is 5.88 Å². The Kier molecular flexibility index (Phi) is 3.92. The van der Waals surface area contributed by atoms with E-state index in [2.05, 4.69) is 39.0 Å². The van der Waals surface area contributed by atoms with E-state index in [4.69, 9.17) is 11.6 Å². The summed E-state index contributed by atoms with van der Waals surface area (Å²) in [5.74, 6) is 0.577. The van der Waals surface area contributed by atoms with Crippen molar-refractivity contribution in [2.24, 2.45) is 0 Å². The van der Waals surface area contributed by atoms with Crippen LogP contribution >= 0.6 is 27.5 Å². The molecule has 0 N–H and O–H groups in total. The van der Waals surface area contributed by atoms with Gasteiger partial charge in [0.15, 0.2) is 0 Å². The maximum atomic E-state index is 6.00. The van der Waals surface area contributed by atoms with Crippen molar-refractivity contribution in [2.45, 2.75) is 25.1 Å². The van der Waals surface area contributed by atoms with Crippen molar-refractivity contribution in [1.29, 1.82) is 0 Å². The maximum Gasteiger partial charge on any atom is 0.0505 e. The fourth-order valence-electron chi connectivity index (χ4n) is 2.11. The Hall–Kier alpha value is -0.210. The number of rotatable bonds is 2. The van der Waals surface area contributed by atoms with Gasteiger partial charge in [-0.2, -0.15) is 0 Å². The third-order valence-electron chi connectivity index (χ3n) is 2.92. The molecule has 1 heterocycles. The van der Waals surface area contributed by atoms with Crippen LogP contribution in [-0.2, 0) is 5.88 Å². The Labute approximate surface area is 105 Å². The molecule has 1 fully saturated rings. The molecule has 0 radical (unpaired) electrons. The zero-order valence-corrected chi connectivity index (χ0v) is 11.0. The van der Waals surface area contributed by atoms with E-state index in [1.807, 2.05) is 0 Å². The van der Waals surface area contributed by atoms with Crippen LogP contribution in [0.3, 0.4) is 0 Å². The minimum absolute atomic E-state index is 0.577. The molecule has 3 heteroatoms. The van der Waals surface area contributed by atoms with Gasteiger partial charge >= 0.3 is 0 Å². The molecule has 0 spiro atoms. The monoisotopic (exact) mass is 287 g/mol. The zero-order valence-electron chi connectivity index (χ0n) is 8.68. The van der Waals surface area contributed by atoms with Gasteiger partial charge in [0.1, 0.15) is 0 Å². The van der Waals surface area contributed by atoms with Gasteiger partial charge in [-0.3, -0.25) is 0 Å². The van der Waals surface area contributed by atoms with Crippen LogP contribution in [-0.4, -0.2) is 13.1 Å². The van der Waals surface area contributed by atoms with Gasteiger partial charge in [-0.05, 0) is 31.4 Å². The minimum Gasteiger partial charge on any atom is -0.371 e. The Morgan fingerprint density at radius 2 is 1.93 bits per heavy atom. The van der Waals surface area contributed by atoms with E-state index in [0.29, 0.717) is 5.88 Å². The molecule has 82 valence electrons. The van der Waals surface area contributed by atoms with Gasteiger partial charge in [0.2, 0.25) is 0 Å². The predicted octanol–water partition coefficient (Wildman–Crippen LogP) is 4.18. The highest BCUT2D eigenvalue weighted by atomic mass is 79.9. The summed E-state index contributed by atoms with van der Waals surface area (Å²) in [6, 6.07) is 6.32. The summed E-state index contributed by atoms with van der Waals surface area (Å²) >= 11 is 9.56. The average molecular weight is 289 g/mol. The van der Waals surface area contributed by atoms with Crippen molar-refractivity contribution in [3.05, 3.63) is 28.2 Å². The standard InChI is InChI=1S/C12H15BrClN/c13-11-5-4-6-12(10(11)9-14)15-7-2-1-3-8-15/h4-6H,1-3,7-9H2. The molecule has 1 saturated heterocycles. The smallest absolute Gasteiger partial charge is 0.0505 e. The molecule has 1 aromatic carbocycles. The van der Waals surface area contributed by atoms with Crippen LogP contribution in [0.15, 0.2) is 22.7 Å². The molecule has 1 aliphatic rings. The summed E-state index contributed by atoms with van der Waals surface area (Å²) in [7, 11) is 0. The van der Waals surface area contributed by atoms with E-state index in [1.165, 1.54) is 43.6 Å². The third-order valence-corrected chi connectivity index (χ3v) is 3.93. The summed E-state index contributed by atoms with van der Waals surface area (Å²) in [4.78, 5) is 2.45. The lowest BCUT2D eigenvalue weighted by atomic mass is 10.1. The molecule has 0 aliphatic carbocycles. The summed E-state index contributed by atoms with van der Waals surface area (Å²) in [5.41, 5.74) is 2.53. The normalized spacial score (nSPS) is 16.8.